The van der Waals surface area contributed by atoms with Crippen LogP contribution in [-0.4, -0.2) is 116 Å². The van der Waals surface area contributed by atoms with Crippen LogP contribution in [0.1, 0.15) is 57.4 Å². The fraction of sp³-hybridized carbons (Fsp3) is 0.306. The minimum Gasteiger partial charge on any atom is -0.494 e. The topological polar surface area (TPSA) is 210 Å². The number of nitrogens with zero attached hydrogens (tertiary/aromatic N) is 2. The van der Waals surface area contributed by atoms with E-state index in [-0.39, 0.29) is 56.0 Å². The summed E-state index contributed by atoms with van der Waals surface area (Å²) in [5.41, 5.74) is 6.75. The maximum Gasteiger partial charge on any atom is 0.255 e. The molecule has 3 heterocycles. The van der Waals surface area contributed by atoms with Crippen LogP contribution >= 0.6 is 0 Å². The smallest absolute Gasteiger partial charge is 0.255 e. The number of carbonyl (C=O) groups excluding carboxylic acids is 5. The molecule has 16 heteroatoms. The quantitative estimate of drug-likeness (QED) is 0.0214. The Bertz CT molecular complexity index is 2580. The van der Waals surface area contributed by atoms with E-state index < -0.39 is 11.9 Å². The van der Waals surface area contributed by atoms with Gasteiger partial charge in [0.2, 0.25) is 17.7 Å². The van der Waals surface area contributed by atoms with Gasteiger partial charge in [0.1, 0.15) is 6.04 Å². The summed E-state index contributed by atoms with van der Waals surface area (Å²) >= 11 is 0. The summed E-state index contributed by atoms with van der Waals surface area (Å²) in [6.45, 7) is 4.53. The molecule has 0 aliphatic carbocycles. The van der Waals surface area contributed by atoms with Crippen molar-refractivity contribution < 1.29 is 48.0 Å². The maximum absolute atomic E-state index is 13.0. The molecule has 0 bridgehead atoms. The van der Waals surface area contributed by atoms with E-state index in [1.165, 1.54) is 4.90 Å². The largest absolute Gasteiger partial charge is 0.494 e. The average molecular weight is 883 g/mol. The van der Waals surface area contributed by atoms with Crippen molar-refractivity contribution in [2.75, 3.05) is 64.7 Å². The number of aromatic amines is 1. The van der Waals surface area contributed by atoms with Gasteiger partial charge in [-0.1, -0.05) is 60.5 Å². The number of hydrogen-bond acceptors (Lipinski definition) is 12. The second kappa shape index (κ2) is 23.1. The number of carbonyl (C=O) groups is 5. The predicted molar refractivity (Wildman–Crippen MR) is 242 cm³/mol. The Balaban J connectivity index is 0.724. The van der Waals surface area contributed by atoms with Crippen LogP contribution in [-0.2, 0) is 51.2 Å². The number of imide groups is 1. The van der Waals surface area contributed by atoms with Gasteiger partial charge in [0, 0.05) is 59.4 Å². The van der Waals surface area contributed by atoms with Crippen molar-refractivity contribution in [1.29, 1.82) is 0 Å². The Hall–Kier alpha value is -7.00. The van der Waals surface area contributed by atoms with Gasteiger partial charge in [0.05, 0.1) is 81.8 Å². The number of amides is 4. The van der Waals surface area contributed by atoms with Crippen LogP contribution in [0, 0.1) is 11.8 Å². The SMILES string of the molecule is O=CC#Cc1ccc2c(C(=Nc3ccc(CNCCOCCOCCOCCOCCC(=O)Nc4cccc5c4CN(C4CCC(=O)NC4=O)C5=O)cc3)c3ccccc3)c(O)[nH]c2c1. The van der Waals surface area contributed by atoms with E-state index in [4.69, 9.17) is 23.9 Å². The fourth-order valence-electron chi connectivity index (χ4n) is 7.51. The first-order valence-corrected chi connectivity index (χ1v) is 21.4. The lowest BCUT2D eigenvalue weighted by atomic mass is 10.00. The molecule has 1 saturated heterocycles. The molecule has 16 nitrogen and oxygen atoms in total. The number of aldehydes is 1. The van der Waals surface area contributed by atoms with E-state index in [0.717, 1.165) is 22.2 Å². The van der Waals surface area contributed by atoms with Crippen LogP contribution in [0.3, 0.4) is 0 Å². The van der Waals surface area contributed by atoms with Crippen LogP contribution in [0.2, 0.25) is 0 Å². The van der Waals surface area contributed by atoms with Crippen LogP contribution in [0.4, 0.5) is 11.4 Å². The third kappa shape index (κ3) is 12.4. The molecule has 2 aliphatic rings. The monoisotopic (exact) mass is 882 g/mol. The van der Waals surface area contributed by atoms with Gasteiger partial charge in [-0.25, -0.2) is 4.99 Å². The van der Waals surface area contributed by atoms with E-state index in [0.29, 0.717) is 105 Å². The number of fused-ring (bicyclic) bond motifs is 2. The van der Waals surface area contributed by atoms with Gasteiger partial charge in [0.25, 0.3) is 5.91 Å². The molecule has 65 heavy (non-hydrogen) atoms. The van der Waals surface area contributed by atoms with E-state index in [2.05, 4.69) is 32.8 Å². The number of aromatic hydroxyl groups is 1. The standard InChI is InChI=1S/C49H50N6O10/c56-21-5-6-33-13-16-38-41(30-33)53-48(60)45(38)46(35-7-2-1-3-8-35)51-36-14-11-34(12-15-36)31-50-20-23-63-25-27-65-29-28-64-26-24-62-22-19-44(58)52-40-10-4-9-37-39(40)32-55(49(37)61)42-17-18-43(57)54-47(42)59/h1-4,7-16,21,30,42,50,53,60H,17-20,22-29,31-32H2,(H,52,58)(H,54,57,59). The second-order valence-electron chi connectivity index (χ2n) is 15.1. The van der Waals surface area contributed by atoms with E-state index in [1.54, 1.807) is 30.3 Å². The van der Waals surface area contributed by atoms with Crippen LogP contribution in [0.25, 0.3) is 10.9 Å². The number of piperidine rings is 1. The summed E-state index contributed by atoms with van der Waals surface area (Å²) < 4.78 is 22.4. The van der Waals surface area contributed by atoms with Gasteiger partial charge in [-0.2, -0.15) is 0 Å². The van der Waals surface area contributed by atoms with Crippen molar-refractivity contribution in [2.24, 2.45) is 4.99 Å². The third-order valence-electron chi connectivity index (χ3n) is 10.7. The summed E-state index contributed by atoms with van der Waals surface area (Å²) in [5.74, 6) is 3.79. The molecule has 7 rings (SSSR count). The second-order valence-corrected chi connectivity index (χ2v) is 15.1. The zero-order valence-electron chi connectivity index (χ0n) is 35.7. The summed E-state index contributed by atoms with van der Waals surface area (Å²) in [5, 5.41) is 20.3. The summed E-state index contributed by atoms with van der Waals surface area (Å²) in [6, 6.07) is 27.4. The highest BCUT2D eigenvalue weighted by Gasteiger charge is 2.40. The number of hydrogen-bond donors (Lipinski definition) is 5. The molecule has 5 aromatic rings. The lowest BCUT2D eigenvalue weighted by molar-refractivity contribution is -0.137. The summed E-state index contributed by atoms with van der Waals surface area (Å²) in [4.78, 5) is 69.8. The number of rotatable bonds is 22. The van der Waals surface area contributed by atoms with Crippen molar-refractivity contribution >= 4 is 57.9 Å². The third-order valence-corrected chi connectivity index (χ3v) is 10.7. The molecule has 5 N–H and O–H groups in total. The Morgan fingerprint density at radius 1 is 0.862 bits per heavy atom. The zero-order valence-corrected chi connectivity index (χ0v) is 35.7. The Morgan fingerprint density at radius 3 is 2.31 bits per heavy atom. The van der Waals surface area contributed by atoms with Crippen LogP contribution in [0.5, 0.6) is 5.88 Å². The molecule has 336 valence electrons. The van der Waals surface area contributed by atoms with Gasteiger partial charge in [-0.05, 0) is 54.3 Å². The van der Waals surface area contributed by atoms with Gasteiger partial charge < -0.3 is 44.6 Å². The van der Waals surface area contributed by atoms with E-state index >= 15 is 0 Å². The van der Waals surface area contributed by atoms with Gasteiger partial charge in [-0.15, -0.1) is 0 Å². The molecule has 2 aliphatic heterocycles. The number of aliphatic imine (C=N–C) groups is 1. The molecule has 1 fully saturated rings. The highest BCUT2D eigenvalue weighted by atomic mass is 16.6. The lowest BCUT2D eigenvalue weighted by Crippen LogP contribution is -2.52. The maximum atomic E-state index is 13.0. The van der Waals surface area contributed by atoms with Crippen molar-refractivity contribution in [1.82, 2.24) is 20.5 Å². The number of ether oxygens (including phenoxy) is 4. The van der Waals surface area contributed by atoms with Crippen LogP contribution in [0.15, 0.2) is 96.0 Å². The Labute approximate surface area is 375 Å². The van der Waals surface area contributed by atoms with Crippen molar-refractivity contribution in [3.05, 3.63) is 124 Å². The lowest BCUT2D eigenvalue weighted by Gasteiger charge is -2.29. The first-order chi connectivity index (χ1) is 31.8. The molecular weight excluding hydrogens is 833 g/mol. The van der Waals surface area contributed by atoms with E-state index in [1.807, 2.05) is 60.7 Å². The molecule has 1 unspecified atom stereocenters. The molecule has 4 aromatic carbocycles. The molecule has 4 amide bonds. The minimum atomic E-state index is -0.729. The Morgan fingerprint density at radius 2 is 1.58 bits per heavy atom. The number of aromatic nitrogens is 1. The molecule has 0 radical (unpaired) electrons. The van der Waals surface area contributed by atoms with Crippen molar-refractivity contribution in [3.63, 3.8) is 0 Å². The molecule has 1 aromatic heterocycles. The molecule has 0 spiro atoms. The first-order valence-electron chi connectivity index (χ1n) is 21.4. The summed E-state index contributed by atoms with van der Waals surface area (Å²) in [7, 11) is 0. The number of nitrogens with one attached hydrogen (secondary N) is 4. The van der Waals surface area contributed by atoms with Crippen molar-refractivity contribution in [2.45, 2.75) is 38.4 Å². The van der Waals surface area contributed by atoms with Crippen molar-refractivity contribution in [3.8, 4) is 17.7 Å². The Kier molecular flexibility index (Phi) is 16.3. The number of anilines is 1. The average Bonchev–Trinajstić information content (AvgIpc) is 3.83. The van der Waals surface area contributed by atoms with Gasteiger partial charge in [0.15, 0.2) is 12.2 Å². The minimum absolute atomic E-state index is 0.0106. The molecular formula is C49H50N6O10. The molecule has 0 saturated carbocycles. The van der Waals surface area contributed by atoms with E-state index in [9.17, 15) is 29.1 Å². The first kappa shape index (κ1) is 46.0. The fourth-order valence-corrected chi connectivity index (χ4v) is 7.51. The normalized spacial score (nSPS) is 14.8. The highest BCUT2D eigenvalue weighted by Crippen LogP contribution is 2.34. The zero-order chi connectivity index (χ0) is 45.4. The number of H-pyrrole nitrogens is 1. The predicted octanol–water partition coefficient (Wildman–Crippen LogP) is 4.54. The highest BCUT2D eigenvalue weighted by molar-refractivity contribution is 6.22. The van der Waals surface area contributed by atoms with Gasteiger partial charge in [-0.3, -0.25) is 29.3 Å². The number of benzene rings is 4. The summed E-state index contributed by atoms with van der Waals surface area (Å²) in [6.07, 6.45) is 1.09. The molecule has 1 atom stereocenters. The van der Waals surface area contributed by atoms with Gasteiger partial charge >= 0.3 is 0 Å². The van der Waals surface area contributed by atoms with Crippen LogP contribution < -0.4 is 16.0 Å².